The molecule has 0 saturated carbocycles. The molecule has 2 heterocycles. The second kappa shape index (κ2) is 5.60. The molecule has 6 nitrogen and oxygen atoms in total. The van der Waals surface area contributed by atoms with Crippen molar-refractivity contribution >= 4 is 30.1 Å². The molecule has 0 bridgehead atoms. The number of rotatable bonds is 3. The van der Waals surface area contributed by atoms with Gasteiger partial charge in [-0.3, -0.25) is 9.59 Å². The summed E-state index contributed by atoms with van der Waals surface area (Å²) in [4.78, 5) is 25.0. The molecule has 0 spiro atoms. The Hall–Kier alpha value is -1.86. The molecule has 2 aliphatic heterocycles. The number of aliphatic carboxylic acids is 1. The Kier molecular flexibility index (Phi) is 3.96. The lowest BCUT2D eigenvalue weighted by Gasteiger charge is -2.32. The topological polar surface area (TPSA) is 76.1 Å². The van der Waals surface area contributed by atoms with Crippen LogP contribution in [0.1, 0.15) is 34.1 Å². The number of benzene rings is 1. The molecule has 0 radical (unpaired) electrons. The minimum Gasteiger partial charge on any atom is -0.481 e. The molecule has 24 heavy (non-hydrogen) atoms. The van der Waals surface area contributed by atoms with Crippen LogP contribution in [0.3, 0.4) is 0 Å². The van der Waals surface area contributed by atoms with E-state index in [4.69, 9.17) is 9.31 Å². The SMILES string of the molecule is CC1(C)OB(c2ccccc2N2C[C@@H](C(=O)O)CC2=O)OC1(C)C. The average Bonchev–Trinajstić information content (AvgIpc) is 2.97. The fraction of sp³-hybridized carbons (Fsp3) is 0.529. The van der Waals surface area contributed by atoms with E-state index in [-0.39, 0.29) is 18.9 Å². The van der Waals surface area contributed by atoms with Crippen LogP contribution in [0.5, 0.6) is 0 Å². The average molecular weight is 331 g/mol. The fourth-order valence-electron chi connectivity index (χ4n) is 3.01. The Balaban J connectivity index is 1.93. The number of carboxylic acid groups (broad SMARTS) is 1. The predicted molar refractivity (Wildman–Crippen MR) is 90.3 cm³/mol. The van der Waals surface area contributed by atoms with Gasteiger partial charge in [0.15, 0.2) is 0 Å². The maximum atomic E-state index is 12.3. The summed E-state index contributed by atoms with van der Waals surface area (Å²) in [6.45, 7) is 8.05. The van der Waals surface area contributed by atoms with Crippen molar-refractivity contribution in [2.24, 2.45) is 5.92 Å². The first-order valence-corrected chi connectivity index (χ1v) is 8.10. The van der Waals surface area contributed by atoms with Crippen LogP contribution in [0.4, 0.5) is 5.69 Å². The normalized spacial score (nSPS) is 25.3. The molecule has 2 fully saturated rings. The number of hydrogen-bond acceptors (Lipinski definition) is 4. The largest absolute Gasteiger partial charge is 0.496 e. The highest BCUT2D eigenvalue weighted by atomic mass is 16.7. The summed E-state index contributed by atoms with van der Waals surface area (Å²) in [7, 11) is -0.595. The maximum Gasteiger partial charge on any atom is 0.496 e. The van der Waals surface area contributed by atoms with Crippen LogP contribution in [0.15, 0.2) is 24.3 Å². The van der Waals surface area contributed by atoms with Crippen molar-refractivity contribution in [2.75, 3.05) is 11.4 Å². The lowest BCUT2D eigenvalue weighted by Crippen LogP contribution is -2.41. The molecule has 1 amide bonds. The summed E-state index contributed by atoms with van der Waals surface area (Å²) in [5.74, 6) is -1.81. The zero-order valence-electron chi connectivity index (χ0n) is 14.4. The van der Waals surface area contributed by atoms with Gasteiger partial charge in [0.2, 0.25) is 5.91 Å². The number of anilines is 1. The van der Waals surface area contributed by atoms with Gasteiger partial charge in [-0.05, 0) is 33.8 Å². The zero-order valence-corrected chi connectivity index (χ0v) is 14.4. The Morgan fingerprint density at radius 1 is 1.21 bits per heavy atom. The smallest absolute Gasteiger partial charge is 0.481 e. The van der Waals surface area contributed by atoms with Crippen molar-refractivity contribution in [1.82, 2.24) is 0 Å². The van der Waals surface area contributed by atoms with Crippen molar-refractivity contribution in [2.45, 2.75) is 45.3 Å². The summed E-state index contributed by atoms with van der Waals surface area (Å²) in [6.07, 6.45) is 0.0209. The molecule has 2 saturated heterocycles. The van der Waals surface area contributed by atoms with E-state index in [1.807, 2.05) is 52.0 Å². The molecule has 0 unspecified atom stereocenters. The summed E-state index contributed by atoms with van der Waals surface area (Å²) in [6, 6.07) is 7.35. The number of carboxylic acids is 1. The van der Waals surface area contributed by atoms with Gasteiger partial charge in [-0.2, -0.15) is 0 Å². The molecule has 128 valence electrons. The number of nitrogens with zero attached hydrogens (tertiary/aromatic N) is 1. The molecule has 7 heteroatoms. The first kappa shape index (κ1) is 17.0. The Labute approximate surface area is 141 Å². The molecule has 0 aromatic heterocycles. The monoisotopic (exact) mass is 331 g/mol. The fourth-order valence-corrected chi connectivity index (χ4v) is 3.01. The van der Waals surface area contributed by atoms with E-state index in [1.165, 1.54) is 4.90 Å². The third-order valence-electron chi connectivity index (χ3n) is 5.21. The molecule has 1 aromatic rings. The van der Waals surface area contributed by atoms with Gasteiger partial charge in [0, 0.05) is 24.1 Å². The first-order chi connectivity index (χ1) is 11.1. The van der Waals surface area contributed by atoms with Crippen LogP contribution >= 0.6 is 0 Å². The molecular weight excluding hydrogens is 309 g/mol. The molecular formula is C17H22BNO5. The second-order valence-corrected chi connectivity index (χ2v) is 7.39. The third kappa shape index (κ3) is 2.72. The van der Waals surface area contributed by atoms with Gasteiger partial charge in [-0.1, -0.05) is 18.2 Å². The second-order valence-electron chi connectivity index (χ2n) is 7.39. The van der Waals surface area contributed by atoms with Crippen molar-refractivity contribution < 1.29 is 24.0 Å². The van der Waals surface area contributed by atoms with Crippen LogP contribution in [-0.2, 0) is 18.9 Å². The Bertz CT molecular complexity index is 671. The quantitative estimate of drug-likeness (QED) is 0.848. The Morgan fingerprint density at radius 3 is 2.33 bits per heavy atom. The number of carbonyl (C=O) groups excluding carboxylic acids is 1. The molecule has 3 rings (SSSR count). The van der Waals surface area contributed by atoms with Crippen molar-refractivity contribution in [3.05, 3.63) is 24.3 Å². The number of amides is 1. The molecule has 1 atom stereocenters. The predicted octanol–water partition coefficient (Wildman–Crippen LogP) is 1.42. The maximum absolute atomic E-state index is 12.3. The summed E-state index contributed by atoms with van der Waals surface area (Å²) in [5, 5.41) is 9.19. The highest BCUT2D eigenvalue weighted by Gasteiger charge is 2.52. The molecule has 2 aliphatic rings. The van der Waals surface area contributed by atoms with Gasteiger partial charge >= 0.3 is 13.1 Å². The van der Waals surface area contributed by atoms with Crippen molar-refractivity contribution in [1.29, 1.82) is 0 Å². The van der Waals surface area contributed by atoms with E-state index in [1.54, 1.807) is 0 Å². The van der Waals surface area contributed by atoms with E-state index < -0.39 is 30.2 Å². The minimum absolute atomic E-state index is 0.0209. The zero-order chi connectivity index (χ0) is 17.7. The van der Waals surface area contributed by atoms with Crippen LogP contribution in [-0.4, -0.2) is 41.8 Å². The van der Waals surface area contributed by atoms with Crippen LogP contribution in [0.2, 0.25) is 0 Å². The number of carbonyl (C=O) groups is 2. The summed E-state index contributed by atoms with van der Waals surface area (Å²) in [5.41, 5.74) is 0.438. The standard InChI is InChI=1S/C17H22BNO5/c1-16(2)17(3,4)24-18(23-16)12-7-5-6-8-13(12)19-10-11(15(21)22)9-14(19)20/h5-8,11H,9-10H2,1-4H3,(H,21,22)/t11-/m0/s1. The molecule has 1 aromatic carbocycles. The van der Waals surface area contributed by atoms with E-state index >= 15 is 0 Å². The highest BCUT2D eigenvalue weighted by molar-refractivity contribution is 6.64. The van der Waals surface area contributed by atoms with E-state index in [9.17, 15) is 14.7 Å². The van der Waals surface area contributed by atoms with Gasteiger partial charge in [0.25, 0.3) is 0 Å². The minimum atomic E-state index is -0.945. The van der Waals surface area contributed by atoms with E-state index in [0.29, 0.717) is 5.69 Å². The van der Waals surface area contributed by atoms with Gasteiger partial charge in [0.05, 0.1) is 17.1 Å². The van der Waals surface area contributed by atoms with E-state index in [2.05, 4.69) is 0 Å². The van der Waals surface area contributed by atoms with Crippen molar-refractivity contribution in [3.8, 4) is 0 Å². The van der Waals surface area contributed by atoms with Gasteiger partial charge in [-0.15, -0.1) is 0 Å². The van der Waals surface area contributed by atoms with Gasteiger partial charge < -0.3 is 19.3 Å². The summed E-state index contributed by atoms with van der Waals surface area (Å²) < 4.78 is 12.2. The third-order valence-corrected chi connectivity index (χ3v) is 5.21. The molecule has 0 aliphatic carbocycles. The number of hydrogen-bond donors (Lipinski definition) is 1. The summed E-state index contributed by atoms with van der Waals surface area (Å²) >= 11 is 0. The van der Waals surface area contributed by atoms with Crippen LogP contribution < -0.4 is 10.4 Å². The molecule has 1 N–H and O–H groups in total. The number of para-hydroxylation sites is 1. The lowest BCUT2D eigenvalue weighted by molar-refractivity contribution is -0.141. The van der Waals surface area contributed by atoms with Gasteiger partial charge in [0.1, 0.15) is 0 Å². The lowest BCUT2D eigenvalue weighted by atomic mass is 9.77. The Morgan fingerprint density at radius 2 is 1.79 bits per heavy atom. The van der Waals surface area contributed by atoms with Gasteiger partial charge in [-0.25, -0.2) is 0 Å². The highest BCUT2D eigenvalue weighted by Crippen LogP contribution is 2.37. The van der Waals surface area contributed by atoms with Crippen LogP contribution in [0, 0.1) is 5.92 Å². The van der Waals surface area contributed by atoms with Crippen molar-refractivity contribution in [3.63, 3.8) is 0 Å². The van der Waals surface area contributed by atoms with E-state index in [0.717, 1.165) is 5.46 Å². The first-order valence-electron chi connectivity index (χ1n) is 8.10. The van der Waals surface area contributed by atoms with Crippen LogP contribution in [0.25, 0.3) is 0 Å².